The van der Waals surface area contributed by atoms with Crippen LogP contribution in [-0.2, 0) is 5.41 Å². The molecule has 8 nitrogen and oxygen atoms in total. The summed E-state index contributed by atoms with van der Waals surface area (Å²) in [6.07, 6.45) is 0. The van der Waals surface area contributed by atoms with Gasteiger partial charge >= 0.3 is 0 Å². The van der Waals surface area contributed by atoms with Gasteiger partial charge in [0.1, 0.15) is 17.2 Å². The average molecular weight is 543 g/mol. The van der Waals surface area contributed by atoms with E-state index in [1.165, 1.54) is 17.4 Å². The van der Waals surface area contributed by atoms with E-state index in [2.05, 4.69) is 23.7 Å². The second-order valence-electron chi connectivity index (χ2n) is 10.7. The molecule has 3 aromatic rings. The highest BCUT2D eigenvalue weighted by Crippen LogP contribution is 2.44. The molecule has 0 unspecified atom stereocenters. The number of rotatable bonds is 4. The van der Waals surface area contributed by atoms with Crippen LogP contribution in [0.25, 0.3) is 0 Å². The second-order valence-corrected chi connectivity index (χ2v) is 11.9. The molecule has 2 N–H and O–H groups in total. The number of nitrogens with two attached hydrogens (primary N) is 1. The van der Waals surface area contributed by atoms with E-state index in [-0.39, 0.29) is 22.0 Å². The molecule has 0 atom stereocenters. The van der Waals surface area contributed by atoms with Gasteiger partial charge in [0.05, 0.1) is 21.9 Å². The van der Waals surface area contributed by atoms with E-state index in [4.69, 9.17) is 22.3 Å². The predicted octanol–water partition coefficient (Wildman–Crippen LogP) is 4.60. The van der Waals surface area contributed by atoms with Crippen LogP contribution in [0.5, 0.6) is 0 Å². The summed E-state index contributed by atoms with van der Waals surface area (Å²) >= 11 is 7.25. The van der Waals surface area contributed by atoms with Gasteiger partial charge in [0.15, 0.2) is 5.13 Å². The van der Waals surface area contributed by atoms with Crippen LogP contribution in [0.2, 0.25) is 5.02 Å². The Hall–Kier alpha value is -3.24. The summed E-state index contributed by atoms with van der Waals surface area (Å²) in [6, 6.07) is 8.38. The van der Waals surface area contributed by atoms with Gasteiger partial charge in [0.25, 0.3) is 11.8 Å². The number of amides is 2. The quantitative estimate of drug-likeness (QED) is 0.517. The Morgan fingerprint density at radius 2 is 1.81 bits per heavy atom. The fourth-order valence-corrected chi connectivity index (χ4v) is 6.04. The van der Waals surface area contributed by atoms with Crippen molar-refractivity contribution in [1.82, 2.24) is 14.9 Å². The van der Waals surface area contributed by atoms with Crippen LogP contribution in [-0.4, -0.2) is 58.4 Å². The lowest BCUT2D eigenvalue weighted by Gasteiger charge is -2.47. The minimum Gasteiger partial charge on any atom is -0.364 e. The van der Waals surface area contributed by atoms with E-state index in [1.54, 1.807) is 23.6 Å². The number of primary amides is 1. The van der Waals surface area contributed by atoms with Crippen LogP contribution in [0.1, 0.15) is 54.4 Å². The van der Waals surface area contributed by atoms with Gasteiger partial charge in [0, 0.05) is 42.7 Å². The van der Waals surface area contributed by atoms with E-state index in [9.17, 15) is 14.0 Å². The smallest absolute Gasteiger partial charge is 0.273 e. The van der Waals surface area contributed by atoms with Crippen molar-refractivity contribution < 1.29 is 14.0 Å². The molecule has 194 valence electrons. The summed E-state index contributed by atoms with van der Waals surface area (Å²) < 4.78 is 14.2. The third kappa shape index (κ3) is 4.53. The fraction of sp³-hybridized carbons (Fsp3) is 0.385. The molecule has 1 fully saturated rings. The molecule has 37 heavy (non-hydrogen) atoms. The van der Waals surface area contributed by atoms with Crippen molar-refractivity contribution in [2.75, 3.05) is 36.0 Å². The summed E-state index contributed by atoms with van der Waals surface area (Å²) in [5.41, 5.74) is 7.46. The lowest BCUT2D eigenvalue weighted by Crippen LogP contribution is -2.61. The lowest BCUT2D eigenvalue weighted by atomic mass is 9.91. The van der Waals surface area contributed by atoms with Gasteiger partial charge in [-0.1, -0.05) is 25.4 Å². The zero-order chi connectivity index (χ0) is 26.7. The number of thiazole rings is 1. The lowest BCUT2D eigenvalue weighted by molar-refractivity contribution is 0.0508. The molecule has 2 aliphatic heterocycles. The zero-order valence-corrected chi connectivity index (χ0v) is 22.7. The van der Waals surface area contributed by atoms with E-state index >= 15 is 0 Å². The van der Waals surface area contributed by atoms with Crippen molar-refractivity contribution in [2.45, 2.75) is 38.6 Å². The van der Waals surface area contributed by atoms with Crippen LogP contribution in [0.3, 0.4) is 0 Å². The monoisotopic (exact) mass is 542 g/mol. The number of hydrogen-bond donors (Lipinski definition) is 1. The SMILES string of the molecule is CC1(C)CN(c2ccc(Cl)c(F)c2)c2ccc(C(=O)N3CCN(c4nc(C(N)=O)cs4)CC3(C)C)nc21. The maximum atomic E-state index is 14.2. The Bertz CT molecular complexity index is 1410. The first kappa shape index (κ1) is 25.4. The molecule has 11 heteroatoms. The number of aromatic nitrogens is 2. The molecule has 2 aromatic heterocycles. The molecule has 2 amide bonds. The van der Waals surface area contributed by atoms with Gasteiger partial charge in [-0.15, -0.1) is 11.3 Å². The minimum absolute atomic E-state index is 0.0763. The molecule has 0 bridgehead atoms. The molecule has 0 spiro atoms. The zero-order valence-electron chi connectivity index (χ0n) is 21.1. The van der Waals surface area contributed by atoms with Gasteiger partial charge in [-0.2, -0.15) is 0 Å². The first-order valence-corrected chi connectivity index (χ1v) is 13.2. The van der Waals surface area contributed by atoms with E-state index < -0.39 is 17.3 Å². The van der Waals surface area contributed by atoms with Gasteiger partial charge in [0.2, 0.25) is 0 Å². The largest absolute Gasteiger partial charge is 0.364 e. The Balaban J connectivity index is 1.39. The normalized spacial score (nSPS) is 18.2. The molecular weight excluding hydrogens is 515 g/mol. The third-order valence-corrected chi connectivity index (χ3v) is 8.16. The van der Waals surface area contributed by atoms with Crippen molar-refractivity contribution in [3.05, 3.63) is 63.6 Å². The maximum absolute atomic E-state index is 14.2. The molecule has 1 saturated heterocycles. The summed E-state index contributed by atoms with van der Waals surface area (Å²) in [7, 11) is 0. The number of carbonyl (C=O) groups is 2. The maximum Gasteiger partial charge on any atom is 0.273 e. The van der Waals surface area contributed by atoms with Crippen LogP contribution < -0.4 is 15.5 Å². The van der Waals surface area contributed by atoms with E-state index in [0.717, 1.165) is 11.4 Å². The van der Waals surface area contributed by atoms with Crippen molar-refractivity contribution in [3.63, 3.8) is 0 Å². The number of pyridine rings is 1. The first-order valence-electron chi connectivity index (χ1n) is 11.9. The minimum atomic E-state index is -0.555. The van der Waals surface area contributed by atoms with Crippen molar-refractivity contribution >= 4 is 51.3 Å². The van der Waals surface area contributed by atoms with Crippen LogP contribution in [0.15, 0.2) is 35.7 Å². The van der Waals surface area contributed by atoms with Crippen LogP contribution in [0, 0.1) is 5.82 Å². The van der Waals surface area contributed by atoms with Gasteiger partial charge in [-0.05, 0) is 44.2 Å². The van der Waals surface area contributed by atoms with Gasteiger partial charge in [-0.3, -0.25) is 9.59 Å². The second kappa shape index (κ2) is 8.95. The van der Waals surface area contributed by atoms with E-state index in [1.807, 2.05) is 29.7 Å². The fourth-order valence-electron chi connectivity index (χ4n) is 5.08. The summed E-state index contributed by atoms with van der Waals surface area (Å²) in [5.74, 6) is -1.17. The van der Waals surface area contributed by atoms with Gasteiger partial charge in [-0.25, -0.2) is 14.4 Å². The number of benzene rings is 1. The molecule has 4 heterocycles. The number of nitrogens with zero attached hydrogens (tertiary/aromatic N) is 5. The average Bonchev–Trinajstić information content (AvgIpc) is 3.43. The third-order valence-electron chi connectivity index (χ3n) is 6.96. The first-order chi connectivity index (χ1) is 17.4. The van der Waals surface area contributed by atoms with Crippen molar-refractivity contribution in [1.29, 1.82) is 0 Å². The highest BCUT2D eigenvalue weighted by molar-refractivity contribution is 7.13. The molecule has 5 rings (SSSR count). The number of halogens is 2. The molecule has 0 radical (unpaired) electrons. The number of carbonyl (C=O) groups excluding carboxylic acids is 2. The Morgan fingerprint density at radius 3 is 2.46 bits per heavy atom. The topological polar surface area (TPSA) is 95.7 Å². The van der Waals surface area contributed by atoms with E-state index in [0.29, 0.717) is 42.7 Å². The molecule has 0 aliphatic carbocycles. The predicted molar refractivity (Wildman–Crippen MR) is 144 cm³/mol. The number of piperazine rings is 1. The van der Waals surface area contributed by atoms with Crippen LogP contribution >= 0.6 is 22.9 Å². The molecule has 2 aliphatic rings. The summed E-state index contributed by atoms with van der Waals surface area (Å²) in [5, 5.41) is 2.44. The van der Waals surface area contributed by atoms with Gasteiger partial charge < -0.3 is 20.4 Å². The summed E-state index contributed by atoms with van der Waals surface area (Å²) in [6.45, 7) is 10.4. The standard InChI is InChI=1S/C26H28ClFN6O2S/c1-25(2)13-33(15-5-6-16(27)17(28)11-15)20-8-7-18(30-21(20)25)23(36)34-10-9-32(14-26(34,3)4)24-31-19(12-37-24)22(29)35/h5-8,11-12H,9-10,13-14H2,1-4H3,(H2,29,35). The molecule has 0 saturated carbocycles. The number of anilines is 3. The summed E-state index contributed by atoms with van der Waals surface area (Å²) in [4.78, 5) is 40.2. The van der Waals surface area contributed by atoms with Crippen molar-refractivity contribution in [2.24, 2.45) is 5.73 Å². The molecular formula is C26H28ClFN6O2S. The number of hydrogen-bond acceptors (Lipinski definition) is 7. The van der Waals surface area contributed by atoms with Crippen molar-refractivity contribution in [3.8, 4) is 0 Å². The highest BCUT2D eigenvalue weighted by atomic mass is 35.5. The highest BCUT2D eigenvalue weighted by Gasteiger charge is 2.41. The number of fused-ring (bicyclic) bond motifs is 1. The molecule has 1 aromatic carbocycles. The Kier molecular flexibility index (Phi) is 6.15. The Morgan fingerprint density at radius 1 is 1.05 bits per heavy atom. The van der Waals surface area contributed by atoms with Crippen LogP contribution in [0.4, 0.5) is 20.9 Å². The Labute approximate surface area is 223 Å².